The molecule has 0 unspecified atom stereocenters. The number of thiol groups is 1. The number of ether oxygens (including phenoxy) is 2. The predicted molar refractivity (Wildman–Crippen MR) is 128 cm³/mol. The van der Waals surface area contributed by atoms with Crippen LogP contribution in [0, 0.1) is 0 Å². The molecular weight excluding hydrogens is 422 g/mol. The van der Waals surface area contributed by atoms with Crippen LogP contribution in [0.3, 0.4) is 0 Å². The number of pyridine rings is 1. The van der Waals surface area contributed by atoms with E-state index in [1.807, 2.05) is 81.9 Å². The summed E-state index contributed by atoms with van der Waals surface area (Å²) in [5.41, 5.74) is 2.84. The second kappa shape index (κ2) is 9.78. The monoisotopic (exact) mass is 448 g/mol. The van der Waals surface area contributed by atoms with Gasteiger partial charge in [0.15, 0.2) is 0 Å². The van der Waals surface area contributed by atoms with E-state index in [1.54, 1.807) is 7.11 Å². The lowest BCUT2D eigenvalue weighted by molar-refractivity contribution is -0.514. The fourth-order valence-corrected chi connectivity index (χ4v) is 3.91. The first kappa shape index (κ1) is 21.8. The molecule has 4 aromatic rings. The smallest absolute Gasteiger partial charge is 0.301 e. The molecule has 0 radical (unpaired) electrons. The van der Waals surface area contributed by atoms with E-state index in [1.165, 1.54) is 0 Å². The van der Waals surface area contributed by atoms with Gasteiger partial charge in [-0.3, -0.25) is 4.79 Å². The highest BCUT2D eigenvalue weighted by molar-refractivity contribution is 7.80. The van der Waals surface area contributed by atoms with Crippen molar-refractivity contribution in [3.05, 3.63) is 78.6 Å². The number of carbonyl (C=O) groups is 1. The van der Waals surface area contributed by atoms with Crippen molar-refractivity contribution >= 4 is 29.9 Å². The molecule has 32 heavy (non-hydrogen) atoms. The van der Waals surface area contributed by atoms with E-state index in [0.717, 1.165) is 35.7 Å². The Morgan fingerprint density at radius 1 is 1.03 bits per heavy atom. The lowest BCUT2D eigenvalue weighted by Gasteiger charge is -2.07. The zero-order valence-electron chi connectivity index (χ0n) is 18.1. The molecule has 0 spiro atoms. The number of hydrogen-bond donors (Lipinski definition) is 2. The van der Waals surface area contributed by atoms with Crippen LogP contribution in [0.15, 0.2) is 78.0 Å². The number of fused-ring (bicyclic) bond motifs is 1. The van der Waals surface area contributed by atoms with Gasteiger partial charge in [0.25, 0.3) is 11.3 Å². The Hall–Kier alpha value is -3.45. The summed E-state index contributed by atoms with van der Waals surface area (Å²) < 4.78 is 14.7. The number of imidazole rings is 1. The van der Waals surface area contributed by atoms with Gasteiger partial charge in [0.05, 0.1) is 19.9 Å². The zero-order valence-corrected chi connectivity index (χ0v) is 19.0. The number of methoxy groups -OCH3 is 1. The standard InChI is InChI=1S/C25H25N3O3S/c1-3-4-17-31-21-12-8-18(9-13-21)26-24(29)23-25(32)28(22-7-5-6-16-27(22)23)19-10-14-20(30-2)15-11-19/h5-16H,3-4,17H2,1-2H3,(H-,26,29,32)/p+1. The van der Waals surface area contributed by atoms with Gasteiger partial charge in [-0.15, -0.1) is 0 Å². The molecule has 2 aromatic heterocycles. The Balaban J connectivity index is 1.64. The number of aromatic nitrogens is 2. The molecule has 7 heteroatoms. The van der Waals surface area contributed by atoms with E-state index in [4.69, 9.17) is 22.1 Å². The minimum Gasteiger partial charge on any atom is -0.497 e. The molecule has 0 atom stereocenters. The first-order valence-electron chi connectivity index (χ1n) is 10.5. The highest BCUT2D eigenvalue weighted by Crippen LogP contribution is 2.24. The minimum atomic E-state index is -0.247. The van der Waals surface area contributed by atoms with Crippen molar-refractivity contribution in [3.8, 4) is 17.2 Å². The van der Waals surface area contributed by atoms with Crippen molar-refractivity contribution in [1.29, 1.82) is 0 Å². The van der Waals surface area contributed by atoms with Crippen LogP contribution >= 0.6 is 12.6 Å². The van der Waals surface area contributed by atoms with Gasteiger partial charge in [0.2, 0.25) is 5.03 Å². The Morgan fingerprint density at radius 2 is 1.75 bits per heavy atom. The van der Waals surface area contributed by atoms with E-state index >= 15 is 0 Å². The number of nitrogens with one attached hydrogen (secondary N) is 1. The summed E-state index contributed by atoms with van der Waals surface area (Å²) in [6.07, 6.45) is 3.95. The van der Waals surface area contributed by atoms with Crippen molar-refractivity contribution in [2.45, 2.75) is 24.8 Å². The van der Waals surface area contributed by atoms with E-state index in [2.05, 4.69) is 12.2 Å². The number of carbonyl (C=O) groups excluding carboxylic acids is 1. The molecule has 0 saturated carbocycles. The van der Waals surface area contributed by atoms with Gasteiger partial charge in [-0.2, -0.15) is 8.97 Å². The zero-order chi connectivity index (χ0) is 22.5. The largest absolute Gasteiger partial charge is 0.497 e. The van der Waals surface area contributed by atoms with Crippen LogP contribution in [-0.4, -0.2) is 24.2 Å². The number of benzene rings is 2. The fourth-order valence-electron chi connectivity index (χ4n) is 3.48. The average Bonchev–Trinajstić information content (AvgIpc) is 3.12. The average molecular weight is 449 g/mol. The highest BCUT2D eigenvalue weighted by Gasteiger charge is 2.29. The van der Waals surface area contributed by atoms with E-state index in [0.29, 0.717) is 23.0 Å². The maximum Gasteiger partial charge on any atom is 0.301 e. The van der Waals surface area contributed by atoms with Gasteiger partial charge in [-0.05, 0) is 61.0 Å². The van der Waals surface area contributed by atoms with E-state index < -0.39 is 0 Å². The summed E-state index contributed by atoms with van der Waals surface area (Å²) in [5.74, 6) is 1.30. The maximum absolute atomic E-state index is 13.2. The number of unbranched alkanes of at least 4 members (excludes halogenated alkanes) is 1. The Morgan fingerprint density at radius 3 is 2.44 bits per heavy atom. The molecule has 0 bridgehead atoms. The van der Waals surface area contributed by atoms with E-state index in [-0.39, 0.29) is 5.91 Å². The second-order valence-electron chi connectivity index (χ2n) is 7.32. The summed E-state index contributed by atoms with van der Waals surface area (Å²) in [4.78, 5) is 13.2. The summed E-state index contributed by atoms with van der Waals surface area (Å²) in [5, 5.41) is 3.51. The maximum atomic E-state index is 13.2. The second-order valence-corrected chi connectivity index (χ2v) is 7.74. The summed E-state index contributed by atoms with van der Waals surface area (Å²) in [7, 11) is 1.63. The Kier molecular flexibility index (Phi) is 6.66. The van der Waals surface area contributed by atoms with Crippen molar-refractivity contribution in [3.63, 3.8) is 0 Å². The quantitative estimate of drug-likeness (QED) is 0.228. The first-order valence-corrected chi connectivity index (χ1v) is 11.0. The molecular formula is C25H26N3O3S+. The van der Waals surface area contributed by atoms with Crippen LogP contribution in [0.1, 0.15) is 30.3 Å². The number of amides is 1. The third-order valence-corrected chi connectivity index (χ3v) is 5.57. The summed E-state index contributed by atoms with van der Waals surface area (Å²) >= 11 is 4.73. The van der Waals surface area contributed by atoms with Gasteiger partial charge in [-0.25, -0.2) is 0 Å². The summed E-state index contributed by atoms with van der Waals surface area (Å²) in [6.45, 7) is 2.81. The van der Waals surface area contributed by atoms with Crippen LogP contribution in [0.2, 0.25) is 0 Å². The van der Waals surface area contributed by atoms with Gasteiger partial charge in [0.1, 0.15) is 17.2 Å². The third kappa shape index (κ3) is 4.43. The molecule has 1 amide bonds. The molecule has 0 saturated heterocycles. The molecule has 4 rings (SSSR count). The van der Waals surface area contributed by atoms with Crippen molar-refractivity contribution in [1.82, 2.24) is 4.57 Å². The van der Waals surface area contributed by atoms with Gasteiger partial charge >= 0.3 is 5.91 Å². The Bertz CT molecular complexity index is 1220. The molecule has 164 valence electrons. The Labute approximate surface area is 192 Å². The van der Waals surface area contributed by atoms with Gasteiger partial charge in [0, 0.05) is 11.8 Å². The van der Waals surface area contributed by atoms with Crippen LogP contribution in [0.4, 0.5) is 5.69 Å². The van der Waals surface area contributed by atoms with Crippen molar-refractivity contribution in [2.75, 3.05) is 19.0 Å². The lowest BCUT2D eigenvalue weighted by Crippen LogP contribution is -2.30. The summed E-state index contributed by atoms with van der Waals surface area (Å²) in [6, 6.07) is 20.8. The molecule has 0 aliphatic rings. The van der Waals surface area contributed by atoms with Crippen molar-refractivity contribution < 1.29 is 18.7 Å². The number of anilines is 1. The van der Waals surface area contributed by atoms with Gasteiger partial charge < -0.3 is 14.8 Å². The normalized spacial score (nSPS) is 10.8. The topological polar surface area (TPSA) is 56.6 Å². The molecule has 0 fully saturated rings. The van der Waals surface area contributed by atoms with Gasteiger partial charge in [-0.1, -0.05) is 32.0 Å². The first-order chi connectivity index (χ1) is 15.6. The molecule has 0 aliphatic heterocycles. The number of nitrogens with zero attached hydrogens (tertiary/aromatic N) is 2. The molecule has 1 N–H and O–H groups in total. The van der Waals surface area contributed by atoms with E-state index in [9.17, 15) is 4.79 Å². The molecule has 2 heterocycles. The molecule has 6 nitrogen and oxygen atoms in total. The van der Waals surface area contributed by atoms with Crippen LogP contribution < -0.4 is 19.2 Å². The minimum absolute atomic E-state index is 0.247. The molecule has 0 aliphatic carbocycles. The number of rotatable bonds is 8. The lowest BCUT2D eigenvalue weighted by atomic mass is 10.3. The van der Waals surface area contributed by atoms with Crippen LogP contribution in [0.25, 0.3) is 11.3 Å². The van der Waals surface area contributed by atoms with Crippen molar-refractivity contribution in [2.24, 2.45) is 0 Å². The SMILES string of the molecule is CCCCOc1ccc(NC(=O)c2c(S)n(-c3ccc(OC)cc3)c3cccc[n+]23)cc1. The highest BCUT2D eigenvalue weighted by atomic mass is 32.1. The fraction of sp³-hybridized carbons (Fsp3) is 0.200. The van der Waals surface area contributed by atoms with Crippen LogP contribution in [-0.2, 0) is 0 Å². The molecule has 2 aromatic carbocycles. The van der Waals surface area contributed by atoms with Crippen LogP contribution in [0.5, 0.6) is 11.5 Å². The third-order valence-electron chi connectivity index (χ3n) is 5.16. The number of hydrogen-bond acceptors (Lipinski definition) is 4. The predicted octanol–water partition coefficient (Wildman–Crippen LogP) is 4.94.